The highest BCUT2D eigenvalue weighted by molar-refractivity contribution is 5.98. The highest BCUT2D eigenvalue weighted by atomic mass is 16.2. The topological polar surface area (TPSA) is 82.0 Å². The number of imidazole rings is 1. The zero-order valence-corrected chi connectivity index (χ0v) is 19.5. The van der Waals surface area contributed by atoms with E-state index in [2.05, 4.69) is 32.3 Å². The quantitative estimate of drug-likeness (QED) is 0.493. The molecule has 34 heavy (non-hydrogen) atoms. The fraction of sp³-hybridized carbons (Fsp3) is 0.370. The standard InChI is InChI=1S/C27H30N6O/c1-31-23-10-9-19(27(34)32-14-4-5-20(28)17-32)15-22(23)30-26(31)25-12-11-24(21-6-2-3-13-29-21)33(25)16-18-7-8-18/h2-3,6,9-13,15,18,20H,4-5,7-8,14,16-17,28H2,1H3/t20-/m1/s1. The Morgan fingerprint density at radius 2 is 1.94 bits per heavy atom. The van der Waals surface area contributed by atoms with Gasteiger partial charge in [0.15, 0.2) is 5.82 Å². The molecule has 1 aliphatic heterocycles. The van der Waals surface area contributed by atoms with E-state index in [1.54, 1.807) is 0 Å². The average molecular weight is 455 g/mol. The monoisotopic (exact) mass is 454 g/mol. The fourth-order valence-electron chi connectivity index (χ4n) is 5.10. The molecule has 2 N–H and O–H groups in total. The molecule has 0 bridgehead atoms. The van der Waals surface area contributed by atoms with Crippen molar-refractivity contribution < 1.29 is 4.79 Å². The minimum atomic E-state index is 0.0406. The molecule has 4 aromatic rings. The number of hydrogen-bond acceptors (Lipinski definition) is 4. The number of carbonyl (C=O) groups is 1. The Balaban J connectivity index is 1.39. The number of hydrogen-bond donors (Lipinski definition) is 1. The summed E-state index contributed by atoms with van der Waals surface area (Å²) in [6, 6.07) is 16.2. The fourth-order valence-corrected chi connectivity index (χ4v) is 5.10. The van der Waals surface area contributed by atoms with E-state index >= 15 is 0 Å². The van der Waals surface area contributed by atoms with Crippen molar-refractivity contribution in [3.8, 4) is 22.9 Å². The van der Waals surface area contributed by atoms with Crippen LogP contribution in [-0.2, 0) is 13.6 Å². The van der Waals surface area contributed by atoms with Gasteiger partial charge in [-0.2, -0.15) is 0 Å². The molecule has 4 heterocycles. The molecular formula is C27H30N6O. The van der Waals surface area contributed by atoms with Crippen LogP contribution < -0.4 is 5.73 Å². The molecule has 0 unspecified atom stereocenters. The maximum atomic E-state index is 13.1. The smallest absolute Gasteiger partial charge is 0.253 e. The first-order valence-corrected chi connectivity index (χ1v) is 12.2. The van der Waals surface area contributed by atoms with Crippen LogP contribution in [0.3, 0.4) is 0 Å². The number of nitrogens with zero attached hydrogens (tertiary/aromatic N) is 5. The van der Waals surface area contributed by atoms with Crippen molar-refractivity contribution >= 4 is 16.9 Å². The molecule has 0 radical (unpaired) electrons. The third-order valence-corrected chi connectivity index (χ3v) is 7.15. The summed E-state index contributed by atoms with van der Waals surface area (Å²) in [4.78, 5) is 24.6. The lowest BCUT2D eigenvalue weighted by Crippen LogP contribution is -2.45. The number of aryl methyl sites for hydroxylation is 1. The lowest BCUT2D eigenvalue weighted by molar-refractivity contribution is 0.0709. The predicted octanol–water partition coefficient (Wildman–Crippen LogP) is 4.08. The van der Waals surface area contributed by atoms with Gasteiger partial charge in [-0.05, 0) is 74.1 Å². The van der Waals surface area contributed by atoms with Crippen LogP contribution in [-0.4, -0.2) is 49.0 Å². The van der Waals surface area contributed by atoms with Crippen molar-refractivity contribution in [2.24, 2.45) is 18.7 Å². The van der Waals surface area contributed by atoms with Crippen LogP contribution in [0.25, 0.3) is 33.9 Å². The van der Waals surface area contributed by atoms with E-state index in [4.69, 9.17) is 10.7 Å². The zero-order valence-electron chi connectivity index (χ0n) is 19.5. The third-order valence-electron chi connectivity index (χ3n) is 7.15. The number of aromatic nitrogens is 4. The second kappa shape index (κ2) is 8.40. The number of rotatable bonds is 5. The molecule has 174 valence electrons. The van der Waals surface area contributed by atoms with Crippen molar-refractivity contribution in [2.75, 3.05) is 13.1 Å². The van der Waals surface area contributed by atoms with Crippen LogP contribution in [0.5, 0.6) is 0 Å². The lowest BCUT2D eigenvalue weighted by Gasteiger charge is -2.30. The highest BCUT2D eigenvalue weighted by Crippen LogP contribution is 2.36. The molecule has 0 spiro atoms. The SMILES string of the molecule is Cn1c(-c2ccc(-c3ccccn3)n2CC2CC2)nc2cc(C(=O)N3CCC[C@@H](N)C3)ccc21. The first kappa shape index (κ1) is 21.1. The van der Waals surface area contributed by atoms with Crippen LogP contribution in [0.4, 0.5) is 0 Å². The van der Waals surface area contributed by atoms with Crippen LogP contribution in [0.15, 0.2) is 54.7 Å². The first-order valence-electron chi connectivity index (χ1n) is 12.2. The summed E-state index contributed by atoms with van der Waals surface area (Å²) in [5.74, 6) is 1.66. The molecular weight excluding hydrogens is 424 g/mol. The number of nitrogens with two attached hydrogens (primary N) is 1. The maximum Gasteiger partial charge on any atom is 0.253 e. The van der Waals surface area contributed by atoms with E-state index in [0.29, 0.717) is 18.0 Å². The first-order chi connectivity index (χ1) is 16.6. The van der Waals surface area contributed by atoms with Gasteiger partial charge in [0, 0.05) is 44.5 Å². The normalized spacial score (nSPS) is 18.5. The molecule has 2 fully saturated rings. The van der Waals surface area contributed by atoms with Crippen LogP contribution in [0.2, 0.25) is 0 Å². The number of pyridine rings is 1. The van der Waals surface area contributed by atoms with Crippen LogP contribution in [0, 0.1) is 5.92 Å². The average Bonchev–Trinajstić information content (AvgIpc) is 3.50. The summed E-state index contributed by atoms with van der Waals surface area (Å²) >= 11 is 0. The number of likely N-dealkylation sites (tertiary alicyclic amines) is 1. The Labute approximate surface area is 199 Å². The molecule has 1 aromatic carbocycles. The Hall–Kier alpha value is -3.45. The number of piperidine rings is 1. The largest absolute Gasteiger partial charge is 0.337 e. The second-order valence-corrected chi connectivity index (χ2v) is 9.72. The van der Waals surface area contributed by atoms with Crippen molar-refractivity contribution in [3.63, 3.8) is 0 Å². The van der Waals surface area contributed by atoms with E-state index in [1.165, 1.54) is 12.8 Å². The minimum absolute atomic E-state index is 0.0406. The predicted molar refractivity (Wildman–Crippen MR) is 133 cm³/mol. The van der Waals surface area contributed by atoms with Crippen molar-refractivity contribution in [1.82, 2.24) is 24.0 Å². The van der Waals surface area contributed by atoms with Gasteiger partial charge in [-0.15, -0.1) is 0 Å². The minimum Gasteiger partial charge on any atom is -0.337 e. The van der Waals surface area contributed by atoms with Gasteiger partial charge in [-0.25, -0.2) is 4.98 Å². The van der Waals surface area contributed by atoms with E-state index in [-0.39, 0.29) is 11.9 Å². The Morgan fingerprint density at radius 3 is 2.71 bits per heavy atom. The lowest BCUT2D eigenvalue weighted by atomic mass is 10.1. The van der Waals surface area contributed by atoms with Gasteiger partial charge in [-0.3, -0.25) is 9.78 Å². The molecule has 1 aliphatic carbocycles. The van der Waals surface area contributed by atoms with E-state index in [9.17, 15) is 4.79 Å². The Morgan fingerprint density at radius 1 is 1.09 bits per heavy atom. The zero-order chi connectivity index (χ0) is 23.2. The molecule has 1 saturated carbocycles. The van der Waals surface area contributed by atoms with Crippen molar-refractivity contribution in [1.29, 1.82) is 0 Å². The molecule has 1 amide bonds. The Kier molecular flexibility index (Phi) is 5.21. The number of fused-ring (bicyclic) bond motifs is 1. The number of amides is 1. The number of benzene rings is 1. The molecule has 1 saturated heterocycles. The summed E-state index contributed by atoms with van der Waals surface area (Å²) in [5, 5.41) is 0. The van der Waals surface area contributed by atoms with E-state index in [0.717, 1.165) is 59.9 Å². The molecule has 7 nitrogen and oxygen atoms in total. The number of carbonyl (C=O) groups excluding carboxylic acids is 1. The van der Waals surface area contributed by atoms with Crippen LogP contribution in [0.1, 0.15) is 36.0 Å². The highest BCUT2D eigenvalue weighted by Gasteiger charge is 2.27. The van der Waals surface area contributed by atoms with Crippen molar-refractivity contribution in [3.05, 3.63) is 60.3 Å². The van der Waals surface area contributed by atoms with E-state index < -0.39 is 0 Å². The van der Waals surface area contributed by atoms with E-state index in [1.807, 2.05) is 48.5 Å². The maximum absolute atomic E-state index is 13.1. The van der Waals surface area contributed by atoms with Gasteiger partial charge in [0.1, 0.15) is 0 Å². The summed E-state index contributed by atoms with van der Waals surface area (Å²) in [6.45, 7) is 2.36. The van der Waals surface area contributed by atoms with Gasteiger partial charge in [-0.1, -0.05) is 6.07 Å². The summed E-state index contributed by atoms with van der Waals surface area (Å²) in [5.41, 5.74) is 11.8. The Bertz CT molecular complexity index is 1350. The summed E-state index contributed by atoms with van der Waals surface area (Å²) in [7, 11) is 2.05. The summed E-state index contributed by atoms with van der Waals surface area (Å²) < 4.78 is 4.49. The second-order valence-electron chi connectivity index (χ2n) is 9.72. The van der Waals surface area contributed by atoms with Gasteiger partial charge in [0.25, 0.3) is 5.91 Å². The van der Waals surface area contributed by atoms with Gasteiger partial charge in [0.2, 0.25) is 0 Å². The molecule has 2 aliphatic rings. The summed E-state index contributed by atoms with van der Waals surface area (Å²) in [6.07, 6.45) is 6.32. The molecule has 6 rings (SSSR count). The third kappa shape index (κ3) is 3.80. The van der Waals surface area contributed by atoms with Crippen LogP contribution >= 0.6 is 0 Å². The molecule has 7 heteroatoms. The van der Waals surface area contributed by atoms with Gasteiger partial charge in [0.05, 0.1) is 28.1 Å². The van der Waals surface area contributed by atoms with Crippen molar-refractivity contribution in [2.45, 2.75) is 38.3 Å². The van der Waals surface area contributed by atoms with Gasteiger partial charge < -0.3 is 19.8 Å². The molecule has 3 aromatic heterocycles. The molecule has 1 atom stereocenters. The van der Waals surface area contributed by atoms with Gasteiger partial charge >= 0.3 is 0 Å².